The maximum Gasteiger partial charge on any atom is 0.264 e. The molecule has 3 aromatic carbocycles. The van der Waals surface area contributed by atoms with Gasteiger partial charge in [0, 0.05) is 33.2 Å². The van der Waals surface area contributed by atoms with Crippen LogP contribution < -0.4 is 19.2 Å². The monoisotopic (exact) mass is 652 g/mol. The molecular weight excluding hydrogens is 620 g/mol. The quantitative estimate of drug-likeness (QED) is 0.171. The molecule has 4 rings (SSSR count). The Kier molecular flexibility index (Phi) is 9.43. The first-order valence-electron chi connectivity index (χ1n) is 13.0. The Morgan fingerprint density at radius 3 is 2.29 bits per heavy atom. The Labute approximate surface area is 254 Å². The summed E-state index contributed by atoms with van der Waals surface area (Å²) in [5.74, 6) is 0.0458. The van der Waals surface area contributed by atoms with E-state index in [-0.39, 0.29) is 10.6 Å². The molecule has 9 nitrogen and oxygen atoms in total. The Morgan fingerprint density at radius 2 is 1.64 bits per heavy atom. The number of carbonyl (C=O) groups is 1. The molecular formula is C31H33BrN4O5S. The fraction of sp³-hybridized carbons (Fsp3) is 0.226. The molecule has 1 aromatic heterocycles. The first-order chi connectivity index (χ1) is 19.9. The summed E-state index contributed by atoms with van der Waals surface area (Å²) in [6.45, 7) is 7.20. The van der Waals surface area contributed by atoms with Crippen LogP contribution in [0.25, 0.3) is 5.69 Å². The number of hydrazone groups is 1. The van der Waals surface area contributed by atoms with Gasteiger partial charge in [-0.25, -0.2) is 13.8 Å². The van der Waals surface area contributed by atoms with Crippen molar-refractivity contribution in [3.05, 3.63) is 99.3 Å². The van der Waals surface area contributed by atoms with Crippen LogP contribution in [-0.4, -0.2) is 45.9 Å². The molecule has 0 saturated heterocycles. The molecule has 11 heteroatoms. The number of ether oxygens (including phenoxy) is 2. The number of anilines is 1. The second-order valence-electron chi connectivity index (χ2n) is 9.81. The van der Waals surface area contributed by atoms with Gasteiger partial charge in [-0.15, -0.1) is 0 Å². The normalized spacial score (nSPS) is 11.5. The number of benzene rings is 3. The van der Waals surface area contributed by atoms with E-state index in [1.807, 2.05) is 64.1 Å². The van der Waals surface area contributed by atoms with E-state index in [1.165, 1.54) is 32.4 Å². The van der Waals surface area contributed by atoms with Gasteiger partial charge in [-0.2, -0.15) is 5.10 Å². The molecule has 1 heterocycles. The highest BCUT2D eigenvalue weighted by Crippen LogP contribution is 2.32. The van der Waals surface area contributed by atoms with Gasteiger partial charge in [0.25, 0.3) is 15.9 Å². The van der Waals surface area contributed by atoms with E-state index in [2.05, 4.69) is 31.0 Å². The van der Waals surface area contributed by atoms with Crippen molar-refractivity contribution in [2.24, 2.45) is 5.10 Å². The minimum atomic E-state index is -4.18. The smallest absolute Gasteiger partial charge is 0.264 e. The fourth-order valence-electron chi connectivity index (χ4n) is 4.78. The van der Waals surface area contributed by atoms with E-state index in [9.17, 15) is 13.2 Å². The lowest BCUT2D eigenvalue weighted by atomic mass is 10.1. The van der Waals surface area contributed by atoms with Gasteiger partial charge in [-0.1, -0.05) is 28.1 Å². The average molecular weight is 654 g/mol. The van der Waals surface area contributed by atoms with Gasteiger partial charge in [0.15, 0.2) is 11.5 Å². The minimum Gasteiger partial charge on any atom is -0.493 e. The van der Waals surface area contributed by atoms with E-state index < -0.39 is 22.5 Å². The number of sulfonamides is 1. The number of aryl methyl sites for hydroxylation is 3. The van der Waals surface area contributed by atoms with Crippen molar-refractivity contribution in [3.8, 4) is 17.2 Å². The molecule has 4 aromatic rings. The number of hydrogen-bond acceptors (Lipinski definition) is 6. The number of rotatable bonds is 10. The summed E-state index contributed by atoms with van der Waals surface area (Å²) in [4.78, 5) is 13.1. The van der Waals surface area contributed by atoms with Crippen molar-refractivity contribution in [1.82, 2.24) is 9.99 Å². The molecule has 0 aliphatic heterocycles. The van der Waals surface area contributed by atoms with Gasteiger partial charge in [0.2, 0.25) is 0 Å². The predicted octanol–water partition coefficient (Wildman–Crippen LogP) is 5.84. The molecule has 0 saturated carbocycles. The third kappa shape index (κ3) is 6.69. The molecule has 42 heavy (non-hydrogen) atoms. The van der Waals surface area contributed by atoms with Crippen LogP contribution in [0.5, 0.6) is 11.5 Å². The predicted molar refractivity (Wildman–Crippen MR) is 169 cm³/mol. The molecule has 0 atom stereocenters. The number of amides is 1. The zero-order valence-electron chi connectivity index (χ0n) is 24.3. The number of carbonyl (C=O) groups excluding carboxylic acids is 1. The van der Waals surface area contributed by atoms with E-state index in [0.717, 1.165) is 42.5 Å². The van der Waals surface area contributed by atoms with Crippen molar-refractivity contribution in [1.29, 1.82) is 0 Å². The SMILES string of the molecule is COc1ccc(S(=O)(=O)N(CC(=O)N/N=C/c2cc(C)n(-c3cccc(Br)c3)c2C)c2cc(C)cc(C)c2)cc1OC. The van der Waals surface area contributed by atoms with Crippen LogP contribution in [0.15, 0.2) is 81.2 Å². The highest BCUT2D eigenvalue weighted by Gasteiger charge is 2.29. The first-order valence-corrected chi connectivity index (χ1v) is 15.3. The summed E-state index contributed by atoms with van der Waals surface area (Å²) in [6, 6.07) is 19.6. The molecule has 1 amide bonds. The van der Waals surface area contributed by atoms with Gasteiger partial charge >= 0.3 is 0 Å². The molecule has 0 unspecified atom stereocenters. The summed E-state index contributed by atoms with van der Waals surface area (Å²) in [7, 11) is -1.29. The van der Waals surface area contributed by atoms with Crippen LogP contribution in [0.4, 0.5) is 5.69 Å². The number of hydrogen-bond donors (Lipinski definition) is 1. The maximum absolute atomic E-state index is 13.9. The number of nitrogens with one attached hydrogen (secondary N) is 1. The second-order valence-corrected chi connectivity index (χ2v) is 12.6. The summed E-state index contributed by atoms with van der Waals surface area (Å²) in [5.41, 5.74) is 8.32. The van der Waals surface area contributed by atoms with Gasteiger partial charge < -0.3 is 14.0 Å². The van der Waals surface area contributed by atoms with Crippen molar-refractivity contribution >= 4 is 43.8 Å². The van der Waals surface area contributed by atoms with Crippen LogP contribution in [0.3, 0.4) is 0 Å². The van der Waals surface area contributed by atoms with Crippen molar-refractivity contribution in [2.45, 2.75) is 32.6 Å². The summed E-state index contributed by atoms with van der Waals surface area (Å²) in [5, 5.41) is 4.15. The number of halogens is 1. The van der Waals surface area contributed by atoms with E-state index in [0.29, 0.717) is 11.4 Å². The lowest BCUT2D eigenvalue weighted by Crippen LogP contribution is -2.39. The minimum absolute atomic E-state index is 0.0457. The zero-order valence-corrected chi connectivity index (χ0v) is 26.7. The topological polar surface area (TPSA) is 102 Å². The van der Waals surface area contributed by atoms with Crippen molar-refractivity contribution in [2.75, 3.05) is 25.1 Å². The molecule has 220 valence electrons. The third-order valence-corrected chi connectivity index (χ3v) is 8.92. The summed E-state index contributed by atoms with van der Waals surface area (Å²) < 4.78 is 42.5. The second kappa shape index (κ2) is 12.8. The van der Waals surface area contributed by atoms with Crippen LogP contribution in [0.2, 0.25) is 0 Å². The number of aromatic nitrogens is 1. The van der Waals surface area contributed by atoms with Crippen molar-refractivity contribution < 1.29 is 22.7 Å². The largest absolute Gasteiger partial charge is 0.493 e. The zero-order chi connectivity index (χ0) is 30.6. The van der Waals surface area contributed by atoms with E-state index >= 15 is 0 Å². The molecule has 0 aliphatic rings. The number of methoxy groups -OCH3 is 2. The molecule has 0 radical (unpaired) electrons. The van der Waals surface area contributed by atoms with Crippen molar-refractivity contribution in [3.63, 3.8) is 0 Å². The highest BCUT2D eigenvalue weighted by molar-refractivity contribution is 9.10. The first kappa shape index (κ1) is 30.9. The van der Waals surface area contributed by atoms with Crippen LogP contribution >= 0.6 is 15.9 Å². The molecule has 1 N–H and O–H groups in total. The molecule has 0 bridgehead atoms. The molecule has 0 fully saturated rings. The third-order valence-electron chi connectivity index (χ3n) is 6.65. The Morgan fingerprint density at radius 1 is 0.952 bits per heavy atom. The van der Waals surface area contributed by atoms with Gasteiger partial charge in [-0.3, -0.25) is 9.10 Å². The van der Waals surface area contributed by atoms with Gasteiger partial charge in [-0.05, 0) is 87.4 Å². The van der Waals surface area contributed by atoms with Crippen LogP contribution in [0, 0.1) is 27.7 Å². The molecule has 0 aliphatic carbocycles. The van der Waals surface area contributed by atoms with E-state index in [4.69, 9.17) is 9.47 Å². The van der Waals surface area contributed by atoms with Gasteiger partial charge in [0.1, 0.15) is 6.54 Å². The Bertz CT molecular complexity index is 1740. The molecule has 0 spiro atoms. The fourth-order valence-corrected chi connectivity index (χ4v) is 6.59. The summed E-state index contributed by atoms with van der Waals surface area (Å²) >= 11 is 3.51. The number of nitrogens with zero attached hydrogens (tertiary/aromatic N) is 3. The van der Waals surface area contributed by atoms with Crippen LogP contribution in [-0.2, 0) is 14.8 Å². The summed E-state index contributed by atoms with van der Waals surface area (Å²) in [6.07, 6.45) is 1.55. The standard InChI is InChI=1S/C31H33BrN4O5S/c1-20-12-21(2)14-27(13-20)35(42(38,39)28-10-11-29(40-5)30(17-28)41-6)19-31(37)34-33-18-24-15-22(3)36(23(24)4)26-9-7-8-25(32)16-26/h7-18H,19H2,1-6H3,(H,34,37)/b33-18+. The lowest BCUT2D eigenvalue weighted by Gasteiger charge is -2.25. The maximum atomic E-state index is 13.9. The Hall–Kier alpha value is -4.09. The lowest BCUT2D eigenvalue weighted by molar-refractivity contribution is -0.119. The Balaban J connectivity index is 1.61. The van der Waals surface area contributed by atoms with Crippen LogP contribution in [0.1, 0.15) is 28.1 Å². The van der Waals surface area contributed by atoms with E-state index in [1.54, 1.807) is 18.3 Å². The van der Waals surface area contributed by atoms with Gasteiger partial charge in [0.05, 0.1) is 31.0 Å². The highest BCUT2D eigenvalue weighted by atomic mass is 79.9. The average Bonchev–Trinajstić information content (AvgIpc) is 3.22.